The summed E-state index contributed by atoms with van der Waals surface area (Å²) in [6.45, 7) is 7.83. The van der Waals surface area contributed by atoms with E-state index in [4.69, 9.17) is 4.74 Å². The predicted octanol–water partition coefficient (Wildman–Crippen LogP) is 2.84. The van der Waals surface area contributed by atoms with Gasteiger partial charge in [-0.25, -0.2) is 4.98 Å². The summed E-state index contributed by atoms with van der Waals surface area (Å²) in [5.41, 5.74) is 1.76. The summed E-state index contributed by atoms with van der Waals surface area (Å²) in [6, 6.07) is 9.84. The van der Waals surface area contributed by atoms with E-state index in [0.29, 0.717) is 12.4 Å². The van der Waals surface area contributed by atoms with Gasteiger partial charge >= 0.3 is 0 Å². The highest BCUT2D eigenvalue weighted by molar-refractivity contribution is 7.20. The SMILES string of the molecule is Cc1cc(NC(=O)CN2C[C@@H](C)O[C@H](C)C2)n(-c2nc3ccccc3s2)n1. The molecule has 1 aliphatic rings. The molecule has 142 valence electrons. The number of para-hydroxylation sites is 1. The molecule has 2 aromatic heterocycles. The normalized spacial score (nSPS) is 20.9. The second-order valence-corrected chi connectivity index (χ2v) is 8.06. The lowest BCUT2D eigenvalue weighted by Gasteiger charge is -2.34. The molecule has 0 saturated carbocycles. The Hall–Kier alpha value is -2.29. The van der Waals surface area contributed by atoms with E-state index in [2.05, 4.69) is 20.3 Å². The highest BCUT2D eigenvalue weighted by Crippen LogP contribution is 2.27. The van der Waals surface area contributed by atoms with Crippen LogP contribution in [0.25, 0.3) is 15.3 Å². The van der Waals surface area contributed by atoms with Crippen molar-refractivity contribution in [2.75, 3.05) is 25.0 Å². The largest absolute Gasteiger partial charge is 0.373 e. The van der Waals surface area contributed by atoms with Gasteiger partial charge in [0, 0.05) is 19.2 Å². The smallest absolute Gasteiger partial charge is 0.239 e. The molecule has 1 amide bonds. The number of amides is 1. The number of benzene rings is 1. The van der Waals surface area contributed by atoms with Gasteiger partial charge in [0.1, 0.15) is 5.82 Å². The Morgan fingerprint density at radius 1 is 1.30 bits per heavy atom. The molecule has 3 heterocycles. The Morgan fingerprint density at radius 3 is 2.78 bits per heavy atom. The summed E-state index contributed by atoms with van der Waals surface area (Å²) < 4.78 is 8.53. The number of carbonyl (C=O) groups is 1. The molecular weight excluding hydrogens is 362 g/mol. The van der Waals surface area contributed by atoms with Gasteiger partial charge in [0.2, 0.25) is 11.0 Å². The van der Waals surface area contributed by atoms with E-state index in [1.807, 2.05) is 51.1 Å². The summed E-state index contributed by atoms with van der Waals surface area (Å²) in [5.74, 6) is 0.587. The number of hydrogen-bond donors (Lipinski definition) is 1. The lowest BCUT2D eigenvalue weighted by atomic mass is 10.2. The van der Waals surface area contributed by atoms with Crippen LogP contribution in [0.3, 0.4) is 0 Å². The summed E-state index contributed by atoms with van der Waals surface area (Å²) in [4.78, 5) is 19.4. The number of fused-ring (bicyclic) bond motifs is 1. The van der Waals surface area contributed by atoms with E-state index in [-0.39, 0.29) is 18.1 Å². The van der Waals surface area contributed by atoms with E-state index in [9.17, 15) is 4.79 Å². The number of morpholine rings is 1. The molecule has 1 N–H and O–H groups in total. The number of rotatable bonds is 4. The van der Waals surface area contributed by atoms with E-state index in [1.165, 1.54) is 0 Å². The monoisotopic (exact) mass is 385 g/mol. The first kappa shape index (κ1) is 18.1. The Labute approximate surface area is 162 Å². The lowest BCUT2D eigenvalue weighted by Crippen LogP contribution is -2.48. The van der Waals surface area contributed by atoms with Crippen LogP contribution in [0.1, 0.15) is 19.5 Å². The third kappa shape index (κ3) is 4.02. The first-order valence-electron chi connectivity index (χ1n) is 9.08. The minimum Gasteiger partial charge on any atom is -0.373 e. The molecule has 0 aliphatic carbocycles. The van der Waals surface area contributed by atoms with Crippen molar-refractivity contribution in [3.05, 3.63) is 36.0 Å². The molecule has 8 heteroatoms. The molecule has 27 heavy (non-hydrogen) atoms. The maximum Gasteiger partial charge on any atom is 0.239 e. The number of aromatic nitrogens is 3. The predicted molar refractivity (Wildman–Crippen MR) is 107 cm³/mol. The van der Waals surface area contributed by atoms with Crippen LogP contribution in [0.4, 0.5) is 5.82 Å². The van der Waals surface area contributed by atoms with Gasteiger partial charge in [0.25, 0.3) is 0 Å². The van der Waals surface area contributed by atoms with Crippen molar-refractivity contribution >= 4 is 33.3 Å². The second kappa shape index (κ2) is 7.38. The molecule has 4 rings (SSSR count). The van der Waals surface area contributed by atoms with Gasteiger partial charge in [-0.05, 0) is 32.9 Å². The average Bonchev–Trinajstić information content (AvgIpc) is 3.16. The minimum absolute atomic E-state index is 0.0569. The Morgan fingerprint density at radius 2 is 2.04 bits per heavy atom. The quantitative estimate of drug-likeness (QED) is 0.748. The van der Waals surface area contributed by atoms with Gasteiger partial charge in [0.15, 0.2) is 0 Å². The van der Waals surface area contributed by atoms with Crippen LogP contribution in [0.5, 0.6) is 0 Å². The molecule has 1 fully saturated rings. The molecule has 0 spiro atoms. The zero-order valence-corrected chi connectivity index (χ0v) is 16.5. The van der Waals surface area contributed by atoms with Crippen molar-refractivity contribution in [3.8, 4) is 5.13 Å². The third-order valence-corrected chi connectivity index (χ3v) is 5.44. The zero-order chi connectivity index (χ0) is 19.0. The van der Waals surface area contributed by atoms with Gasteiger partial charge in [-0.1, -0.05) is 23.5 Å². The Kier molecular flexibility index (Phi) is 4.94. The third-order valence-electron chi connectivity index (χ3n) is 4.43. The van der Waals surface area contributed by atoms with Gasteiger partial charge in [-0.3, -0.25) is 9.69 Å². The number of anilines is 1. The average molecular weight is 385 g/mol. The van der Waals surface area contributed by atoms with Crippen molar-refractivity contribution in [1.29, 1.82) is 0 Å². The van der Waals surface area contributed by atoms with Gasteiger partial charge in [-0.2, -0.15) is 9.78 Å². The first-order chi connectivity index (χ1) is 13.0. The molecule has 7 nitrogen and oxygen atoms in total. The number of ether oxygens (including phenoxy) is 1. The fourth-order valence-corrected chi connectivity index (χ4v) is 4.42. The summed E-state index contributed by atoms with van der Waals surface area (Å²) in [5, 5.41) is 8.26. The fourth-order valence-electron chi connectivity index (χ4n) is 3.48. The maximum atomic E-state index is 12.6. The zero-order valence-electron chi connectivity index (χ0n) is 15.7. The molecule has 1 saturated heterocycles. The highest BCUT2D eigenvalue weighted by Gasteiger charge is 2.24. The van der Waals surface area contributed by atoms with Crippen LogP contribution in [0.15, 0.2) is 30.3 Å². The standard InChI is InChI=1S/C19H23N5O2S/c1-12-8-17(21-18(25)11-23-9-13(2)26-14(3)10-23)24(22-12)19-20-15-6-4-5-7-16(15)27-19/h4-8,13-14H,9-11H2,1-3H3,(H,21,25)/t13-,14-/m1/s1. The van der Waals surface area contributed by atoms with Gasteiger partial charge in [0.05, 0.1) is 34.7 Å². The molecule has 0 bridgehead atoms. The van der Waals surface area contributed by atoms with Crippen LogP contribution >= 0.6 is 11.3 Å². The topological polar surface area (TPSA) is 72.3 Å². The molecule has 0 unspecified atom stereocenters. The van der Waals surface area contributed by atoms with Gasteiger partial charge < -0.3 is 10.1 Å². The van der Waals surface area contributed by atoms with Crippen molar-refractivity contribution in [2.24, 2.45) is 0 Å². The number of thiazole rings is 1. The molecule has 0 radical (unpaired) electrons. The highest BCUT2D eigenvalue weighted by atomic mass is 32.1. The summed E-state index contributed by atoms with van der Waals surface area (Å²) >= 11 is 1.55. The van der Waals surface area contributed by atoms with Gasteiger partial charge in [-0.15, -0.1) is 0 Å². The van der Waals surface area contributed by atoms with Crippen LogP contribution < -0.4 is 5.32 Å². The molecule has 1 aromatic carbocycles. The minimum atomic E-state index is -0.0569. The Balaban J connectivity index is 1.52. The summed E-state index contributed by atoms with van der Waals surface area (Å²) in [6.07, 6.45) is 0.272. The number of carbonyl (C=O) groups excluding carboxylic acids is 1. The Bertz CT molecular complexity index is 923. The number of hydrogen-bond acceptors (Lipinski definition) is 6. The van der Waals surface area contributed by atoms with E-state index in [1.54, 1.807) is 16.0 Å². The molecule has 2 atom stereocenters. The van der Waals surface area contributed by atoms with Crippen molar-refractivity contribution in [1.82, 2.24) is 19.7 Å². The molecule has 3 aromatic rings. The maximum absolute atomic E-state index is 12.6. The van der Waals surface area contributed by atoms with Crippen LogP contribution in [0.2, 0.25) is 0 Å². The van der Waals surface area contributed by atoms with E-state index >= 15 is 0 Å². The van der Waals surface area contributed by atoms with Crippen LogP contribution in [-0.4, -0.2) is 57.4 Å². The molecule has 1 aliphatic heterocycles. The number of aryl methyl sites for hydroxylation is 1. The fraction of sp³-hybridized carbons (Fsp3) is 0.421. The van der Waals surface area contributed by atoms with E-state index in [0.717, 1.165) is 34.1 Å². The number of nitrogens with zero attached hydrogens (tertiary/aromatic N) is 4. The van der Waals surface area contributed by atoms with Crippen molar-refractivity contribution < 1.29 is 9.53 Å². The van der Waals surface area contributed by atoms with Crippen molar-refractivity contribution in [3.63, 3.8) is 0 Å². The van der Waals surface area contributed by atoms with Crippen molar-refractivity contribution in [2.45, 2.75) is 33.0 Å². The molecular formula is C19H23N5O2S. The first-order valence-corrected chi connectivity index (χ1v) is 9.90. The van der Waals surface area contributed by atoms with E-state index < -0.39 is 0 Å². The lowest BCUT2D eigenvalue weighted by molar-refractivity contribution is -0.121. The van der Waals surface area contributed by atoms with Crippen LogP contribution in [-0.2, 0) is 9.53 Å². The second-order valence-electron chi connectivity index (χ2n) is 7.05. The summed E-state index contributed by atoms with van der Waals surface area (Å²) in [7, 11) is 0. The van der Waals surface area contributed by atoms with Crippen LogP contribution in [0, 0.1) is 6.92 Å². The number of nitrogens with one attached hydrogen (secondary N) is 1.